The second-order valence-electron chi connectivity index (χ2n) is 5.86. The molecule has 2 rings (SSSR count). The van der Waals surface area contributed by atoms with Crippen LogP contribution in [0.5, 0.6) is 0 Å². The minimum absolute atomic E-state index is 0.528. The van der Waals surface area contributed by atoms with Gasteiger partial charge in [0.05, 0.1) is 18.2 Å². The number of hydrogen-bond donors (Lipinski definition) is 1. The Kier molecular flexibility index (Phi) is 4.96. The molecule has 2 aromatic heterocycles. The van der Waals surface area contributed by atoms with Gasteiger partial charge in [0.2, 0.25) is 0 Å². The Morgan fingerprint density at radius 1 is 1.14 bits per heavy atom. The van der Waals surface area contributed by atoms with Crippen LogP contribution in [0.25, 0.3) is 11.3 Å². The van der Waals surface area contributed by atoms with E-state index in [4.69, 9.17) is 5.73 Å². The Bertz CT molecular complexity index is 566. The summed E-state index contributed by atoms with van der Waals surface area (Å²) in [5, 5.41) is 0. The molecule has 0 aliphatic rings. The van der Waals surface area contributed by atoms with E-state index >= 15 is 0 Å². The predicted octanol–water partition coefficient (Wildman–Crippen LogP) is 2.65. The lowest BCUT2D eigenvalue weighted by molar-refractivity contribution is 0.168. The van der Waals surface area contributed by atoms with Crippen molar-refractivity contribution in [3.05, 3.63) is 31.0 Å². The quantitative estimate of drug-likeness (QED) is 0.887. The van der Waals surface area contributed by atoms with Gasteiger partial charge in [0.1, 0.15) is 0 Å². The Morgan fingerprint density at radius 2 is 1.86 bits per heavy atom. The number of nitrogens with zero attached hydrogens (tertiary/aromatic N) is 4. The summed E-state index contributed by atoms with van der Waals surface area (Å²) in [6.07, 6.45) is 7.22. The van der Waals surface area contributed by atoms with Gasteiger partial charge in [0.15, 0.2) is 0 Å². The molecule has 0 spiro atoms. The van der Waals surface area contributed by atoms with Crippen molar-refractivity contribution in [1.29, 1.82) is 0 Å². The Balaban J connectivity index is 2.16. The van der Waals surface area contributed by atoms with Crippen LogP contribution in [0.1, 0.15) is 27.7 Å². The van der Waals surface area contributed by atoms with Crippen molar-refractivity contribution in [1.82, 2.24) is 19.4 Å². The Morgan fingerprint density at radius 3 is 2.48 bits per heavy atom. The normalized spacial score (nSPS) is 11.8. The second kappa shape index (κ2) is 6.72. The molecule has 0 fully saturated rings. The molecule has 2 N–H and O–H groups in total. The van der Waals surface area contributed by atoms with Gasteiger partial charge in [-0.2, -0.15) is 0 Å². The Hall–Kier alpha value is -1.88. The van der Waals surface area contributed by atoms with Crippen molar-refractivity contribution in [2.24, 2.45) is 0 Å². The van der Waals surface area contributed by atoms with E-state index in [1.165, 1.54) is 0 Å². The zero-order valence-corrected chi connectivity index (χ0v) is 13.3. The lowest BCUT2D eigenvalue weighted by Crippen LogP contribution is -2.39. The molecule has 0 saturated heterocycles. The summed E-state index contributed by atoms with van der Waals surface area (Å²) in [6, 6.07) is 2.88. The highest BCUT2D eigenvalue weighted by atomic mass is 15.2. The number of hydrogen-bond acceptors (Lipinski definition) is 4. The highest BCUT2D eigenvalue weighted by molar-refractivity contribution is 5.72. The maximum Gasteiger partial charge on any atom is 0.0951 e. The van der Waals surface area contributed by atoms with E-state index < -0.39 is 0 Å². The van der Waals surface area contributed by atoms with E-state index in [0.717, 1.165) is 30.0 Å². The molecule has 0 bridgehead atoms. The molecule has 5 nitrogen and oxygen atoms in total. The van der Waals surface area contributed by atoms with Crippen molar-refractivity contribution < 1.29 is 0 Å². The van der Waals surface area contributed by atoms with Crippen molar-refractivity contribution in [3.8, 4) is 11.3 Å². The van der Waals surface area contributed by atoms with E-state index in [-0.39, 0.29) is 0 Å². The van der Waals surface area contributed by atoms with Gasteiger partial charge >= 0.3 is 0 Å². The van der Waals surface area contributed by atoms with Gasteiger partial charge in [-0.3, -0.25) is 9.88 Å². The molecular weight excluding hydrogens is 262 g/mol. The first-order chi connectivity index (χ1) is 10.0. The highest BCUT2D eigenvalue weighted by Gasteiger charge is 2.14. The molecule has 0 radical (unpaired) electrons. The van der Waals surface area contributed by atoms with E-state index in [1.807, 2.05) is 18.6 Å². The average molecular weight is 287 g/mol. The van der Waals surface area contributed by atoms with Crippen molar-refractivity contribution in [2.75, 3.05) is 12.3 Å². The first-order valence-corrected chi connectivity index (χ1v) is 7.46. The van der Waals surface area contributed by atoms with Crippen LogP contribution in [-0.2, 0) is 6.54 Å². The minimum Gasteiger partial charge on any atom is -0.398 e. The highest BCUT2D eigenvalue weighted by Crippen LogP contribution is 2.24. The van der Waals surface area contributed by atoms with E-state index in [1.54, 1.807) is 12.4 Å². The van der Waals surface area contributed by atoms with Gasteiger partial charge in [-0.05, 0) is 33.8 Å². The van der Waals surface area contributed by atoms with Gasteiger partial charge in [0, 0.05) is 48.8 Å². The van der Waals surface area contributed by atoms with Crippen LogP contribution in [0, 0.1) is 0 Å². The van der Waals surface area contributed by atoms with Gasteiger partial charge in [-0.15, -0.1) is 0 Å². The molecule has 2 aromatic rings. The molecule has 0 aliphatic carbocycles. The number of pyridine rings is 1. The fraction of sp³-hybridized carbons (Fsp3) is 0.500. The fourth-order valence-corrected chi connectivity index (χ4v) is 2.68. The number of nitrogens with two attached hydrogens (primary N) is 1. The fourth-order valence-electron chi connectivity index (χ4n) is 2.68. The molecule has 2 heterocycles. The molecule has 0 aromatic carbocycles. The van der Waals surface area contributed by atoms with Crippen molar-refractivity contribution in [2.45, 2.75) is 46.3 Å². The maximum absolute atomic E-state index is 6.04. The molecule has 0 unspecified atom stereocenters. The first kappa shape index (κ1) is 15.5. The van der Waals surface area contributed by atoms with Crippen LogP contribution in [0.3, 0.4) is 0 Å². The molecule has 114 valence electrons. The van der Waals surface area contributed by atoms with Crippen LogP contribution < -0.4 is 5.73 Å². The van der Waals surface area contributed by atoms with E-state index in [0.29, 0.717) is 12.1 Å². The lowest BCUT2D eigenvalue weighted by atomic mass is 10.2. The summed E-state index contributed by atoms with van der Waals surface area (Å²) in [5.41, 5.74) is 8.74. The average Bonchev–Trinajstić information content (AvgIpc) is 2.87. The monoisotopic (exact) mass is 287 g/mol. The number of anilines is 1. The van der Waals surface area contributed by atoms with Gasteiger partial charge in [0.25, 0.3) is 0 Å². The number of aromatic nitrogens is 3. The summed E-state index contributed by atoms with van der Waals surface area (Å²) < 4.78 is 2.14. The summed E-state index contributed by atoms with van der Waals surface area (Å²) in [5.74, 6) is 0. The topological polar surface area (TPSA) is 60.0 Å². The van der Waals surface area contributed by atoms with Crippen LogP contribution in [0.15, 0.2) is 31.0 Å². The smallest absolute Gasteiger partial charge is 0.0951 e. The third-order valence-electron chi connectivity index (χ3n) is 3.77. The lowest BCUT2D eigenvalue weighted by Gasteiger charge is -2.30. The maximum atomic E-state index is 6.04. The van der Waals surface area contributed by atoms with Crippen molar-refractivity contribution in [3.63, 3.8) is 0 Å². The molecule has 0 amide bonds. The minimum atomic E-state index is 0.528. The molecule has 21 heavy (non-hydrogen) atoms. The number of nitrogen functional groups attached to an aromatic ring is 1. The van der Waals surface area contributed by atoms with Crippen LogP contribution >= 0.6 is 0 Å². The van der Waals surface area contributed by atoms with Gasteiger partial charge in [-0.25, -0.2) is 4.98 Å². The standard InChI is InChI=1S/C16H25N5/c1-12(2)21(13(3)4)8-7-20-11-19-10-16(20)14-9-18-6-5-15(14)17/h5-6,9-13H,7-8H2,1-4H3,(H2,17,18). The summed E-state index contributed by atoms with van der Waals surface area (Å²) in [7, 11) is 0. The molecule has 5 heteroatoms. The van der Waals surface area contributed by atoms with E-state index in [2.05, 4.69) is 47.1 Å². The van der Waals surface area contributed by atoms with Gasteiger partial charge < -0.3 is 10.3 Å². The summed E-state index contributed by atoms with van der Waals surface area (Å²) in [4.78, 5) is 10.9. The van der Waals surface area contributed by atoms with Gasteiger partial charge in [-0.1, -0.05) is 0 Å². The van der Waals surface area contributed by atoms with Crippen LogP contribution in [0.2, 0.25) is 0 Å². The largest absolute Gasteiger partial charge is 0.398 e. The van der Waals surface area contributed by atoms with Crippen LogP contribution in [0.4, 0.5) is 5.69 Å². The summed E-state index contributed by atoms with van der Waals surface area (Å²) >= 11 is 0. The molecular formula is C16H25N5. The SMILES string of the molecule is CC(C)N(CCn1cncc1-c1cnccc1N)C(C)C. The van der Waals surface area contributed by atoms with E-state index in [9.17, 15) is 0 Å². The zero-order chi connectivity index (χ0) is 15.4. The first-order valence-electron chi connectivity index (χ1n) is 7.46. The Labute approximate surface area is 126 Å². The number of imidazole rings is 1. The molecule has 0 atom stereocenters. The zero-order valence-electron chi connectivity index (χ0n) is 13.3. The third-order valence-corrected chi connectivity index (χ3v) is 3.77. The molecule has 0 saturated carbocycles. The van der Waals surface area contributed by atoms with Crippen molar-refractivity contribution >= 4 is 5.69 Å². The van der Waals surface area contributed by atoms with Crippen LogP contribution in [-0.4, -0.2) is 38.1 Å². The second-order valence-corrected chi connectivity index (χ2v) is 5.86. The summed E-state index contributed by atoms with van der Waals surface area (Å²) in [6.45, 7) is 10.8. The number of rotatable bonds is 6. The third kappa shape index (κ3) is 3.61. The molecule has 0 aliphatic heterocycles. The predicted molar refractivity (Wildman–Crippen MR) is 86.8 cm³/mol.